The van der Waals surface area contributed by atoms with Crippen molar-refractivity contribution in [2.45, 2.75) is 6.04 Å². The minimum Gasteiger partial charge on any atom is -0.351 e. The van der Waals surface area contributed by atoms with Crippen LogP contribution in [0.3, 0.4) is 0 Å². The fourth-order valence-electron chi connectivity index (χ4n) is 1.86. The van der Waals surface area contributed by atoms with Gasteiger partial charge in [0, 0.05) is 17.5 Å². The van der Waals surface area contributed by atoms with Crippen molar-refractivity contribution in [3.05, 3.63) is 50.9 Å². The fourth-order valence-corrected chi connectivity index (χ4v) is 3.19. The van der Waals surface area contributed by atoms with Crippen LogP contribution in [0.4, 0.5) is 0 Å². The summed E-state index contributed by atoms with van der Waals surface area (Å²) in [4.78, 5) is 15.0. The Morgan fingerprint density at radius 1 is 1.40 bits per heavy atom. The van der Waals surface area contributed by atoms with E-state index in [1.165, 1.54) is 5.56 Å². The molecule has 2 heterocycles. The van der Waals surface area contributed by atoms with Gasteiger partial charge in [0.2, 0.25) is 5.91 Å². The highest BCUT2D eigenvalue weighted by Gasteiger charge is 2.14. The van der Waals surface area contributed by atoms with Gasteiger partial charge in [-0.05, 0) is 54.0 Å². The first kappa shape index (κ1) is 15.0. The van der Waals surface area contributed by atoms with Crippen LogP contribution in [-0.2, 0) is 4.79 Å². The zero-order valence-electron chi connectivity index (χ0n) is 11.6. The lowest BCUT2D eigenvalue weighted by molar-refractivity contribution is -0.116. The lowest BCUT2D eigenvalue weighted by Gasteiger charge is -2.23. The Hall–Kier alpha value is -1.43. The number of hydrogen-bond donors (Lipinski definition) is 1. The predicted octanol–water partition coefficient (Wildman–Crippen LogP) is 3.24. The largest absolute Gasteiger partial charge is 0.351 e. The van der Waals surface area contributed by atoms with Gasteiger partial charge in [0.05, 0.1) is 6.04 Å². The van der Waals surface area contributed by atoms with Crippen LogP contribution in [0.2, 0.25) is 0 Å². The highest BCUT2D eigenvalue weighted by atomic mass is 32.1. The van der Waals surface area contributed by atoms with Crippen molar-refractivity contribution >= 4 is 34.7 Å². The molecule has 0 saturated heterocycles. The summed E-state index contributed by atoms with van der Waals surface area (Å²) in [5.74, 6) is -0.0551. The SMILES string of the molecule is CN(C)C(CNC(=O)C=Cc1cccs1)c1ccsc1. The lowest BCUT2D eigenvalue weighted by Crippen LogP contribution is -2.33. The van der Waals surface area contributed by atoms with Gasteiger partial charge in [0.15, 0.2) is 0 Å². The molecule has 0 aliphatic carbocycles. The third-order valence-electron chi connectivity index (χ3n) is 2.96. The van der Waals surface area contributed by atoms with Crippen molar-refractivity contribution in [3.63, 3.8) is 0 Å². The van der Waals surface area contributed by atoms with Crippen LogP contribution in [0, 0.1) is 0 Å². The third-order valence-corrected chi connectivity index (χ3v) is 4.50. The van der Waals surface area contributed by atoms with Crippen LogP contribution in [0.15, 0.2) is 40.4 Å². The number of carbonyl (C=O) groups excluding carboxylic acids is 1. The molecule has 2 aromatic rings. The molecule has 0 aliphatic rings. The molecule has 0 bridgehead atoms. The molecule has 1 unspecified atom stereocenters. The Morgan fingerprint density at radius 3 is 2.85 bits per heavy atom. The topological polar surface area (TPSA) is 32.3 Å². The molecule has 0 radical (unpaired) electrons. The van der Waals surface area contributed by atoms with Crippen LogP contribution in [0.25, 0.3) is 6.08 Å². The smallest absolute Gasteiger partial charge is 0.244 e. The predicted molar refractivity (Wildman–Crippen MR) is 87.1 cm³/mol. The van der Waals surface area contributed by atoms with E-state index in [4.69, 9.17) is 0 Å². The molecule has 0 aromatic carbocycles. The van der Waals surface area contributed by atoms with E-state index in [2.05, 4.69) is 27.0 Å². The van der Waals surface area contributed by atoms with E-state index in [0.717, 1.165) is 4.88 Å². The van der Waals surface area contributed by atoms with Gasteiger partial charge in [-0.2, -0.15) is 11.3 Å². The minimum absolute atomic E-state index is 0.0551. The van der Waals surface area contributed by atoms with Crippen molar-refractivity contribution in [1.82, 2.24) is 10.2 Å². The van der Waals surface area contributed by atoms with Crippen molar-refractivity contribution in [2.75, 3.05) is 20.6 Å². The van der Waals surface area contributed by atoms with Crippen molar-refractivity contribution in [1.29, 1.82) is 0 Å². The number of amides is 1. The van der Waals surface area contributed by atoms with Crippen molar-refractivity contribution in [2.24, 2.45) is 0 Å². The third kappa shape index (κ3) is 4.30. The summed E-state index contributed by atoms with van der Waals surface area (Å²) in [5, 5.41) is 9.14. The molecular formula is C15H18N2OS2. The summed E-state index contributed by atoms with van der Waals surface area (Å²) in [6.45, 7) is 0.608. The molecule has 2 rings (SSSR count). The van der Waals surface area contributed by atoms with Gasteiger partial charge < -0.3 is 10.2 Å². The second kappa shape index (κ2) is 7.38. The van der Waals surface area contributed by atoms with Crippen LogP contribution >= 0.6 is 22.7 Å². The summed E-state index contributed by atoms with van der Waals surface area (Å²) < 4.78 is 0. The minimum atomic E-state index is -0.0551. The van der Waals surface area contributed by atoms with Crippen LogP contribution in [-0.4, -0.2) is 31.4 Å². The molecule has 106 valence electrons. The second-order valence-corrected chi connectivity index (χ2v) is 6.39. The summed E-state index contributed by atoms with van der Waals surface area (Å²) in [6.07, 6.45) is 3.43. The summed E-state index contributed by atoms with van der Waals surface area (Å²) in [7, 11) is 4.05. The van der Waals surface area contributed by atoms with Crippen molar-refractivity contribution < 1.29 is 4.79 Å². The van der Waals surface area contributed by atoms with E-state index in [1.807, 2.05) is 37.7 Å². The molecule has 3 nitrogen and oxygen atoms in total. The quantitative estimate of drug-likeness (QED) is 0.831. The normalized spacial score (nSPS) is 12.9. The summed E-state index contributed by atoms with van der Waals surface area (Å²) in [6, 6.07) is 6.27. The maximum atomic E-state index is 11.8. The molecular weight excluding hydrogens is 288 g/mol. The first-order valence-corrected chi connectivity index (χ1v) is 8.17. The molecule has 0 fully saturated rings. The Kier molecular flexibility index (Phi) is 5.52. The maximum absolute atomic E-state index is 11.8. The monoisotopic (exact) mass is 306 g/mol. The molecule has 1 N–H and O–H groups in total. The van der Waals surface area contributed by atoms with Gasteiger partial charge in [-0.1, -0.05) is 6.07 Å². The molecule has 0 aliphatic heterocycles. The molecule has 0 spiro atoms. The number of nitrogens with zero attached hydrogens (tertiary/aromatic N) is 1. The average Bonchev–Trinajstić information content (AvgIpc) is 3.09. The van der Waals surface area contributed by atoms with E-state index in [1.54, 1.807) is 28.7 Å². The maximum Gasteiger partial charge on any atom is 0.244 e. The Labute approximate surface area is 127 Å². The van der Waals surface area contributed by atoms with E-state index in [9.17, 15) is 4.79 Å². The Morgan fingerprint density at radius 2 is 2.25 bits per heavy atom. The van der Waals surface area contributed by atoms with Crippen LogP contribution in [0.1, 0.15) is 16.5 Å². The number of nitrogens with one attached hydrogen (secondary N) is 1. The molecule has 1 amide bonds. The first-order chi connectivity index (χ1) is 9.66. The van der Waals surface area contributed by atoms with E-state index in [0.29, 0.717) is 6.54 Å². The van der Waals surface area contributed by atoms with Gasteiger partial charge in [-0.3, -0.25) is 4.79 Å². The van der Waals surface area contributed by atoms with Crippen LogP contribution in [0.5, 0.6) is 0 Å². The lowest BCUT2D eigenvalue weighted by atomic mass is 10.1. The molecule has 20 heavy (non-hydrogen) atoms. The molecule has 0 saturated carbocycles. The molecule has 1 atom stereocenters. The number of likely N-dealkylation sites (N-methyl/N-ethyl adjacent to an activating group) is 1. The second-order valence-electron chi connectivity index (χ2n) is 4.63. The fraction of sp³-hybridized carbons (Fsp3) is 0.267. The number of thiophene rings is 2. The summed E-state index contributed by atoms with van der Waals surface area (Å²) >= 11 is 3.29. The van der Waals surface area contributed by atoms with Gasteiger partial charge in [-0.15, -0.1) is 11.3 Å². The first-order valence-electron chi connectivity index (χ1n) is 6.35. The van der Waals surface area contributed by atoms with E-state index in [-0.39, 0.29) is 11.9 Å². The number of rotatable bonds is 6. The highest BCUT2D eigenvalue weighted by molar-refractivity contribution is 7.10. The zero-order chi connectivity index (χ0) is 14.4. The number of carbonyl (C=O) groups is 1. The zero-order valence-corrected chi connectivity index (χ0v) is 13.2. The molecule has 2 aromatic heterocycles. The van der Waals surface area contributed by atoms with Gasteiger partial charge >= 0.3 is 0 Å². The highest BCUT2D eigenvalue weighted by Crippen LogP contribution is 2.19. The number of hydrogen-bond acceptors (Lipinski definition) is 4. The van der Waals surface area contributed by atoms with Gasteiger partial charge in [0.25, 0.3) is 0 Å². The summed E-state index contributed by atoms with van der Waals surface area (Å²) in [5.41, 5.74) is 1.24. The van der Waals surface area contributed by atoms with Crippen LogP contribution < -0.4 is 5.32 Å². The van der Waals surface area contributed by atoms with Gasteiger partial charge in [0.1, 0.15) is 0 Å². The van der Waals surface area contributed by atoms with Crippen molar-refractivity contribution in [3.8, 4) is 0 Å². The molecule has 5 heteroatoms. The average molecular weight is 306 g/mol. The Bertz CT molecular complexity index is 544. The van der Waals surface area contributed by atoms with E-state index >= 15 is 0 Å². The standard InChI is InChI=1S/C15H18N2OS2/c1-17(2)14(12-7-9-19-11-12)10-16-15(18)6-5-13-4-3-8-20-13/h3-9,11,14H,10H2,1-2H3,(H,16,18). The Balaban J connectivity index is 1.88. The van der Waals surface area contributed by atoms with E-state index < -0.39 is 0 Å². The van der Waals surface area contributed by atoms with Gasteiger partial charge in [-0.25, -0.2) is 0 Å².